The van der Waals surface area contributed by atoms with Crippen LogP contribution >= 0.6 is 0 Å². The van der Waals surface area contributed by atoms with Gasteiger partial charge in [-0.3, -0.25) is 4.79 Å². The van der Waals surface area contributed by atoms with Gasteiger partial charge in [-0.25, -0.2) is 9.37 Å². The monoisotopic (exact) mass is 288 g/mol. The van der Waals surface area contributed by atoms with E-state index in [-0.39, 0.29) is 5.91 Å². The summed E-state index contributed by atoms with van der Waals surface area (Å²) in [7, 11) is 0. The summed E-state index contributed by atoms with van der Waals surface area (Å²) in [4.78, 5) is 15.9. The molecule has 4 N–H and O–H groups in total. The predicted octanol–water partition coefficient (Wildman–Crippen LogP) is 1.95. The van der Waals surface area contributed by atoms with E-state index in [1.54, 1.807) is 12.3 Å². The molecular weight excluding hydrogens is 271 g/mol. The molecule has 0 aliphatic rings. The third-order valence-corrected chi connectivity index (χ3v) is 2.84. The number of carbonyl (C=O) groups excluding carboxylic acids is 1. The van der Waals surface area contributed by atoms with Crippen molar-refractivity contribution in [1.82, 2.24) is 10.3 Å². The first-order chi connectivity index (χ1) is 10.1. The highest BCUT2D eigenvalue weighted by molar-refractivity contribution is 5.94. The number of pyridine rings is 1. The standard InChI is InChI=1S/C15H17FN4O/c1-10-7-13(17)14(20-9-10)18-5-6-19-15(21)11-3-2-4-12(16)8-11/h2-4,7-9H,5-6,17H2,1H3,(H,18,20)(H,19,21). The maximum Gasteiger partial charge on any atom is 0.251 e. The van der Waals surface area contributed by atoms with Crippen LogP contribution in [0.25, 0.3) is 0 Å². The number of nitrogens with two attached hydrogens (primary N) is 1. The van der Waals surface area contributed by atoms with Crippen LogP contribution in [-0.4, -0.2) is 24.0 Å². The zero-order valence-electron chi connectivity index (χ0n) is 11.7. The Balaban J connectivity index is 1.80. The Morgan fingerprint density at radius 2 is 2.14 bits per heavy atom. The van der Waals surface area contributed by atoms with E-state index >= 15 is 0 Å². The molecule has 1 heterocycles. The van der Waals surface area contributed by atoms with Gasteiger partial charge in [0.15, 0.2) is 0 Å². The highest BCUT2D eigenvalue weighted by Crippen LogP contribution is 2.14. The van der Waals surface area contributed by atoms with Gasteiger partial charge in [-0.1, -0.05) is 6.07 Å². The lowest BCUT2D eigenvalue weighted by molar-refractivity contribution is 0.0954. The molecule has 0 bridgehead atoms. The van der Waals surface area contributed by atoms with Gasteiger partial charge in [-0.2, -0.15) is 0 Å². The summed E-state index contributed by atoms with van der Waals surface area (Å²) in [6.45, 7) is 2.76. The van der Waals surface area contributed by atoms with Gasteiger partial charge in [0.05, 0.1) is 5.69 Å². The number of nitrogen functional groups attached to an aromatic ring is 1. The van der Waals surface area contributed by atoms with Crippen molar-refractivity contribution in [2.75, 3.05) is 24.1 Å². The third-order valence-electron chi connectivity index (χ3n) is 2.84. The number of rotatable bonds is 5. The first kappa shape index (κ1) is 14.8. The highest BCUT2D eigenvalue weighted by Gasteiger charge is 2.05. The molecule has 21 heavy (non-hydrogen) atoms. The summed E-state index contributed by atoms with van der Waals surface area (Å²) >= 11 is 0. The minimum atomic E-state index is -0.433. The van der Waals surface area contributed by atoms with E-state index in [1.165, 1.54) is 18.2 Å². The molecule has 2 aromatic rings. The number of nitrogens with zero attached hydrogens (tertiary/aromatic N) is 1. The van der Waals surface area contributed by atoms with Gasteiger partial charge in [0.25, 0.3) is 5.91 Å². The van der Waals surface area contributed by atoms with Crippen LogP contribution in [0.3, 0.4) is 0 Å². The normalized spacial score (nSPS) is 10.2. The maximum atomic E-state index is 13.0. The smallest absolute Gasteiger partial charge is 0.251 e. The fourth-order valence-electron chi connectivity index (χ4n) is 1.83. The second kappa shape index (κ2) is 6.69. The lowest BCUT2D eigenvalue weighted by Crippen LogP contribution is -2.29. The molecule has 6 heteroatoms. The highest BCUT2D eigenvalue weighted by atomic mass is 19.1. The summed E-state index contributed by atoms with van der Waals surface area (Å²) in [6.07, 6.45) is 1.71. The molecule has 110 valence electrons. The first-order valence-electron chi connectivity index (χ1n) is 6.56. The van der Waals surface area contributed by atoms with Gasteiger partial charge in [-0.05, 0) is 36.8 Å². The average Bonchev–Trinajstić information content (AvgIpc) is 2.45. The van der Waals surface area contributed by atoms with Gasteiger partial charge in [0.1, 0.15) is 11.6 Å². The number of hydrogen-bond donors (Lipinski definition) is 3. The van der Waals surface area contributed by atoms with Crippen molar-refractivity contribution in [1.29, 1.82) is 0 Å². The van der Waals surface area contributed by atoms with Gasteiger partial charge in [0.2, 0.25) is 0 Å². The predicted molar refractivity (Wildman–Crippen MR) is 80.6 cm³/mol. The number of hydrogen-bond acceptors (Lipinski definition) is 4. The SMILES string of the molecule is Cc1cnc(NCCNC(=O)c2cccc(F)c2)c(N)c1. The minimum Gasteiger partial charge on any atom is -0.396 e. The molecule has 0 saturated heterocycles. The molecule has 0 spiro atoms. The van der Waals surface area contributed by atoms with Crippen LogP contribution in [0.4, 0.5) is 15.9 Å². The lowest BCUT2D eigenvalue weighted by Gasteiger charge is -2.09. The Hall–Kier alpha value is -2.63. The molecule has 0 unspecified atom stereocenters. The van der Waals surface area contributed by atoms with E-state index in [9.17, 15) is 9.18 Å². The summed E-state index contributed by atoms with van der Waals surface area (Å²) in [5, 5.41) is 5.72. The van der Waals surface area contributed by atoms with E-state index in [2.05, 4.69) is 15.6 Å². The van der Waals surface area contributed by atoms with Gasteiger partial charge >= 0.3 is 0 Å². The van der Waals surface area contributed by atoms with Crippen LogP contribution in [-0.2, 0) is 0 Å². The summed E-state index contributed by atoms with van der Waals surface area (Å²) in [5.41, 5.74) is 7.66. The Labute approximate surface area is 122 Å². The molecule has 5 nitrogen and oxygen atoms in total. The molecular formula is C15H17FN4O. The van der Waals surface area contributed by atoms with E-state index in [4.69, 9.17) is 5.73 Å². The van der Waals surface area contributed by atoms with Crippen molar-refractivity contribution < 1.29 is 9.18 Å². The van der Waals surface area contributed by atoms with Crippen molar-refractivity contribution >= 4 is 17.4 Å². The molecule has 0 fully saturated rings. The Bertz CT molecular complexity index is 645. The number of amides is 1. The molecule has 1 aromatic heterocycles. The summed E-state index contributed by atoms with van der Waals surface area (Å²) < 4.78 is 13.0. The number of carbonyl (C=O) groups is 1. The second-order valence-electron chi connectivity index (χ2n) is 4.64. The van der Waals surface area contributed by atoms with Gasteiger partial charge in [0, 0.05) is 24.8 Å². The molecule has 0 atom stereocenters. The Kier molecular flexibility index (Phi) is 4.71. The van der Waals surface area contributed by atoms with Crippen LogP contribution in [0.5, 0.6) is 0 Å². The fraction of sp³-hybridized carbons (Fsp3) is 0.200. The number of nitrogens with one attached hydrogen (secondary N) is 2. The van der Waals surface area contributed by atoms with Crippen LogP contribution < -0.4 is 16.4 Å². The quantitative estimate of drug-likeness (QED) is 0.735. The minimum absolute atomic E-state index is 0.294. The van der Waals surface area contributed by atoms with E-state index in [0.717, 1.165) is 5.56 Å². The molecule has 0 aliphatic heterocycles. The van der Waals surface area contributed by atoms with E-state index in [0.29, 0.717) is 30.2 Å². The molecule has 2 rings (SSSR count). The number of aromatic nitrogens is 1. The van der Waals surface area contributed by atoms with Crippen LogP contribution in [0.1, 0.15) is 15.9 Å². The Morgan fingerprint density at radius 3 is 2.86 bits per heavy atom. The number of anilines is 2. The molecule has 0 radical (unpaired) electrons. The van der Waals surface area contributed by atoms with Crippen molar-refractivity contribution in [2.45, 2.75) is 6.92 Å². The molecule has 1 aromatic carbocycles. The van der Waals surface area contributed by atoms with Crippen LogP contribution in [0, 0.1) is 12.7 Å². The van der Waals surface area contributed by atoms with Crippen LogP contribution in [0.2, 0.25) is 0 Å². The molecule has 0 aliphatic carbocycles. The van der Waals surface area contributed by atoms with Gasteiger partial charge < -0.3 is 16.4 Å². The first-order valence-corrected chi connectivity index (χ1v) is 6.56. The number of halogens is 1. The topological polar surface area (TPSA) is 80.0 Å². The largest absolute Gasteiger partial charge is 0.396 e. The molecule has 0 saturated carbocycles. The van der Waals surface area contributed by atoms with Crippen molar-refractivity contribution in [3.05, 3.63) is 53.5 Å². The summed E-state index contributed by atoms with van der Waals surface area (Å²) in [5.74, 6) is -0.167. The van der Waals surface area contributed by atoms with Gasteiger partial charge in [-0.15, -0.1) is 0 Å². The fourth-order valence-corrected chi connectivity index (χ4v) is 1.83. The van der Waals surface area contributed by atoms with E-state index in [1.807, 2.05) is 13.0 Å². The molecule has 1 amide bonds. The number of aryl methyl sites for hydroxylation is 1. The van der Waals surface area contributed by atoms with Crippen LogP contribution in [0.15, 0.2) is 36.5 Å². The third kappa shape index (κ3) is 4.17. The zero-order valence-corrected chi connectivity index (χ0v) is 11.7. The Morgan fingerprint density at radius 1 is 1.33 bits per heavy atom. The van der Waals surface area contributed by atoms with Crippen molar-refractivity contribution in [3.63, 3.8) is 0 Å². The van der Waals surface area contributed by atoms with E-state index < -0.39 is 5.82 Å². The second-order valence-corrected chi connectivity index (χ2v) is 4.64. The lowest BCUT2D eigenvalue weighted by atomic mass is 10.2. The summed E-state index contributed by atoms with van der Waals surface area (Å²) in [6, 6.07) is 7.37. The maximum absolute atomic E-state index is 13.0. The zero-order chi connectivity index (χ0) is 15.2. The number of benzene rings is 1. The average molecular weight is 288 g/mol. The van der Waals surface area contributed by atoms with Crippen molar-refractivity contribution in [2.24, 2.45) is 0 Å². The van der Waals surface area contributed by atoms with Crippen molar-refractivity contribution in [3.8, 4) is 0 Å².